The summed E-state index contributed by atoms with van der Waals surface area (Å²) in [5, 5.41) is 9.17. The minimum Gasteiger partial charge on any atom is -0.497 e. The van der Waals surface area contributed by atoms with E-state index in [-0.39, 0.29) is 23.3 Å². The molecule has 2 amide bonds. The van der Waals surface area contributed by atoms with Crippen LogP contribution in [0.1, 0.15) is 48.9 Å². The Morgan fingerprint density at radius 3 is 2.30 bits per heavy atom. The molecule has 3 aromatic carbocycles. The molecule has 10 nitrogen and oxygen atoms in total. The standard InChI is InChI=1S/C34H41N3O7/c1-21(38)37-27-14-10-23-19-30(42-3)33(43-4)34(44-5)32(23)25-13-15-28(29(39)20-26(25)27)35-17-6-7-31(40)36-18-16-22-8-11-24(41-2)12-9-22/h8-9,11-13,15,19-20,27H,6-7,10,14,16-18H2,1-5H3,(H,35,39)(H,36,40)(H,37,38)/t27-/m0/s1. The molecular weight excluding hydrogens is 562 g/mol. The van der Waals surface area contributed by atoms with E-state index in [4.69, 9.17) is 18.9 Å². The Bertz CT molecular complexity index is 1540. The fraction of sp³-hybridized carbons (Fsp3) is 0.382. The average Bonchev–Trinajstić information content (AvgIpc) is 3.26. The molecule has 0 fully saturated rings. The fourth-order valence-electron chi connectivity index (χ4n) is 5.55. The summed E-state index contributed by atoms with van der Waals surface area (Å²) in [6.07, 6.45) is 2.81. The number of amides is 2. The lowest BCUT2D eigenvalue weighted by molar-refractivity contribution is -0.121. The van der Waals surface area contributed by atoms with Crippen LogP contribution in [0.5, 0.6) is 23.0 Å². The van der Waals surface area contributed by atoms with Gasteiger partial charge in [0.05, 0.1) is 40.2 Å². The van der Waals surface area contributed by atoms with Crippen molar-refractivity contribution in [2.75, 3.05) is 46.8 Å². The van der Waals surface area contributed by atoms with Gasteiger partial charge in [-0.2, -0.15) is 0 Å². The van der Waals surface area contributed by atoms with Gasteiger partial charge in [0.2, 0.25) is 23.0 Å². The predicted octanol–water partition coefficient (Wildman–Crippen LogP) is 4.42. The molecule has 10 heteroatoms. The van der Waals surface area contributed by atoms with Gasteiger partial charge >= 0.3 is 0 Å². The number of anilines is 1. The maximum Gasteiger partial charge on any atom is 0.220 e. The number of carbonyl (C=O) groups excluding carboxylic acids is 2. The van der Waals surface area contributed by atoms with Crippen molar-refractivity contribution < 1.29 is 28.5 Å². The van der Waals surface area contributed by atoms with E-state index in [2.05, 4.69) is 16.0 Å². The lowest BCUT2D eigenvalue weighted by Crippen LogP contribution is -2.26. The Labute approximate surface area is 258 Å². The number of rotatable bonds is 13. The Hall–Kier alpha value is -4.73. The van der Waals surface area contributed by atoms with Gasteiger partial charge in [-0.05, 0) is 78.3 Å². The predicted molar refractivity (Wildman–Crippen MR) is 170 cm³/mol. The monoisotopic (exact) mass is 603 g/mol. The van der Waals surface area contributed by atoms with Crippen LogP contribution in [0.3, 0.4) is 0 Å². The molecule has 0 aromatic heterocycles. The van der Waals surface area contributed by atoms with Gasteiger partial charge in [-0.25, -0.2) is 0 Å². The molecule has 0 aliphatic heterocycles. The molecule has 234 valence electrons. The first-order valence-corrected chi connectivity index (χ1v) is 14.7. The van der Waals surface area contributed by atoms with Gasteiger partial charge in [0.15, 0.2) is 11.5 Å². The van der Waals surface area contributed by atoms with Crippen molar-refractivity contribution in [2.45, 2.75) is 45.1 Å². The van der Waals surface area contributed by atoms with Crippen LogP contribution in [0, 0.1) is 0 Å². The number of hydrogen-bond acceptors (Lipinski definition) is 8. The molecule has 0 heterocycles. The third-order valence-corrected chi connectivity index (χ3v) is 7.71. The average molecular weight is 604 g/mol. The largest absolute Gasteiger partial charge is 0.497 e. The molecule has 0 radical (unpaired) electrons. The van der Waals surface area contributed by atoms with Crippen molar-refractivity contribution >= 4 is 17.5 Å². The summed E-state index contributed by atoms with van der Waals surface area (Å²) in [4.78, 5) is 38.0. The number of hydrogen-bond donors (Lipinski definition) is 3. The van der Waals surface area contributed by atoms with E-state index < -0.39 is 0 Å². The normalized spacial score (nSPS) is 13.4. The smallest absolute Gasteiger partial charge is 0.220 e. The maximum absolute atomic E-state index is 13.4. The number of methoxy groups -OCH3 is 4. The Balaban J connectivity index is 1.50. The Morgan fingerprint density at radius 2 is 1.64 bits per heavy atom. The third-order valence-electron chi connectivity index (χ3n) is 7.71. The van der Waals surface area contributed by atoms with Gasteiger partial charge in [0.1, 0.15) is 5.75 Å². The second-order valence-electron chi connectivity index (χ2n) is 10.6. The third kappa shape index (κ3) is 7.61. The van der Waals surface area contributed by atoms with Gasteiger partial charge in [0.25, 0.3) is 0 Å². The first-order valence-electron chi connectivity index (χ1n) is 14.7. The van der Waals surface area contributed by atoms with E-state index in [0.717, 1.165) is 34.4 Å². The van der Waals surface area contributed by atoms with Crippen molar-refractivity contribution in [3.63, 3.8) is 0 Å². The van der Waals surface area contributed by atoms with E-state index in [0.29, 0.717) is 67.3 Å². The van der Waals surface area contributed by atoms with Gasteiger partial charge in [-0.3, -0.25) is 14.4 Å². The number of aryl methyl sites for hydroxylation is 1. The van der Waals surface area contributed by atoms with Gasteiger partial charge in [-0.1, -0.05) is 18.2 Å². The first kappa shape index (κ1) is 32.2. The van der Waals surface area contributed by atoms with Crippen molar-refractivity contribution in [1.29, 1.82) is 0 Å². The minimum atomic E-state index is -0.383. The zero-order valence-electron chi connectivity index (χ0n) is 26.0. The lowest BCUT2D eigenvalue weighted by atomic mass is 9.95. The summed E-state index contributed by atoms with van der Waals surface area (Å²) in [5.41, 5.74) is 4.51. The quantitative estimate of drug-likeness (QED) is 0.245. The molecule has 1 aliphatic rings. The van der Waals surface area contributed by atoms with Crippen molar-refractivity contribution in [2.24, 2.45) is 0 Å². The molecule has 3 N–H and O–H groups in total. The summed E-state index contributed by atoms with van der Waals surface area (Å²) >= 11 is 0. The second kappa shape index (κ2) is 15.1. The molecule has 0 unspecified atom stereocenters. The van der Waals surface area contributed by atoms with Crippen molar-refractivity contribution in [1.82, 2.24) is 10.6 Å². The van der Waals surface area contributed by atoms with Crippen LogP contribution in [0.2, 0.25) is 0 Å². The molecule has 0 spiro atoms. The zero-order valence-corrected chi connectivity index (χ0v) is 26.0. The summed E-state index contributed by atoms with van der Waals surface area (Å²) in [5.74, 6) is 2.06. The topological polar surface area (TPSA) is 124 Å². The highest BCUT2D eigenvalue weighted by Crippen LogP contribution is 2.50. The highest BCUT2D eigenvalue weighted by Gasteiger charge is 2.29. The van der Waals surface area contributed by atoms with E-state index in [1.165, 1.54) is 6.92 Å². The summed E-state index contributed by atoms with van der Waals surface area (Å²) < 4.78 is 22.2. The number of fused-ring (bicyclic) bond motifs is 3. The van der Waals surface area contributed by atoms with Crippen LogP contribution in [-0.4, -0.2) is 53.3 Å². The van der Waals surface area contributed by atoms with Crippen molar-refractivity contribution in [3.05, 3.63) is 75.4 Å². The minimum absolute atomic E-state index is 0.0424. The lowest BCUT2D eigenvalue weighted by Gasteiger charge is -2.19. The summed E-state index contributed by atoms with van der Waals surface area (Å²) in [7, 11) is 6.32. The number of benzene rings is 2. The molecule has 0 bridgehead atoms. The number of ether oxygens (including phenoxy) is 4. The summed E-state index contributed by atoms with van der Waals surface area (Å²) in [6.45, 7) is 2.45. The van der Waals surface area contributed by atoms with Gasteiger partial charge < -0.3 is 34.9 Å². The molecule has 0 saturated carbocycles. The highest BCUT2D eigenvalue weighted by molar-refractivity contribution is 5.83. The molecule has 0 saturated heterocycles. The number of carbonyl (C=O) groups is 2. The molecular formula is C34H41N3O7. The van der Waals surface area contributed by atoms with Crippen LogP contribution in [0.25, 0.3) is 11.1 Å². The van der Waals surface area contributed by atoms with Crippen LogP contribution >= 0.6 is 0 Å². The SMILES string of the molecule is COc1ccc(CCNC(=O)CCCNc2ccc3c(cc2=O)[C@@H](NC(C)=O)CCc2cc(OC)c(OC)c(OC)c2-3)cc1. The van der Waals surface area contributed by atoms with Gasteiger partial charge in [-0.15, -0.1) is 0 Å². The Morgan fingerprint density at radius 1 is 0.886 bits per heavy atom. The van der Waals surface area contributed by atoms with Gasteiger partial charge in [0, 0.05) is 32.0 Å². The highest BCUT2D eigenvalue weighted by atomic mass is 16.5. The number of nitrogens with one attached hydrogen (secondary N) is 3. The molecule has 1 aliphatic carbocycles. The first-order chi connectivity index (χ1) is 21.3. The van der Waals surface area contributed by atoms with E-state index in [1.807, 2.05) is 36.4 Å². The molecule has 3 aromatic rings. The van der Waals surface area contributed by atoms with E-state index in [1.54, 1.807) is 40.6 Å². The molecule has 4 rings (SSSR count). The summed E-state index contributed by atoms with van der Waals surface area (Å²) in [6, 6.07) is 14.5. The van der Waals surface area contributed by atoms with E-state index >= 15 is 0 Å². The molecule has 1 atom stereocenters. The van der Waals surface area contributed by atoms with Crippen LogP contribution in [-0.2, 0) is 22.4 Å². The molecule has 44 heavy (non-hydrogen) atoms. The zero-order chi connectivity index (χ0) is 31.6. The van der Waals surface area contributed by atoms with Crippen LogP contribution < -0.4 is 40.3 Å². The maximum atomic E-state index is 13.4. The second-order valence-corrected chi connectivity index (χ2v) is 10.6. The Kier molecular flexibility index (Phi) is 11.1. The van der Waals surface area contributed by atoms with Crippen LogP contribution in [0.4, 0.5) is 5.69 Å². The van der Waals surface area contributed by atoms with E-state index in [9.17, 15) is 14.4 Å². The van der Waals surface area contributed by atoms with Crippen LogP contribution in [0.15, 0.2) is 53.3 Å². The fourth-order valence-corrected chi connectivity index (χ4v) is 5.55. The van der Waals surface area contributed by atoms with Crippen molar-refractivity contribution in [3.8, 4) is 34.1 Å².